The number of halogens is 1. The molecule has 0 radical (unpaired) electrons. The summed E-state index contributed by atoms with van der Waals surface area (Å²) in [6.45, 7) is 0. The number of nitrogens with two attached hydrogens (primary N) is 1. The highest BCUT2D eigenvalue weighted by Gasteiger charge is 2.11. The van der Waals surface area contributed by atoms with Crippen molar-refractivity contribution in [3.63, 3.8) is 0 Å². The summed E-state index contributed by atoms with van der Waals surface area (Å²) >= 11 is 0. The molecule has 0 aliphatic rings. The molecule has 0 bridgehead atoms. The van der Waals surface area contributed by atoms with Gasteiger partial charge in [0.25, 0.3) is 0 Å². The SMILES string of the molecule is COC(=O)c1cc(Nc2ccc(F)c(C#N)c2)ccc1N. The molecule has 21 heavy (non-hydrogen) atoms. The van der Waals surface area contributed by atoms with Crippen LogP contribution in [0.25, 0.3) is 0 Å². The Bertz CT molecular complexity index is 738. The van der Waals surface area contributed by atoms with E-state index in [0.29, 0.717) is 17.1 Å². The highest BCUT2D eigenvalue weighted by molar-refractivity contribution is 5.96. The maximum absolute atomic E-state index is 13.2. The fourth-order valence-corrected chi connectivity index (χ4v) is 1.78. The van der Waals surface area contributed by atoms with Gasteiger partial charge < -0.3 is 15.8 Å². The van der Waals surface area contributed by atoms with Gasteiger partial charge in [-0.1, -0.05) is 0 Å². The van der Waals surface area contributed by atoms with Gasteiger partial charge in [-0.3, -0.25) is 0 Å². The van der Waals surface area contributed by atoms with E-state index < -0.39 is 11.8 Å². The molecule has 6 heteroatoms. The molecule has 0 aliphatic heterocycles. The van der Waals surface area contributed by atoms with Crippen molar-refractivity contribution < 1.29 is 13.9 Å². The van der Waals surface area contributed by atoms with Crippen molar-refractivity contribution in [1.29, 1.82) is 5.26 Å². The minimum atomic E-state index is -0.587. The molecule has 0 saturated heterocycles. The third kappa shape index (κ3) is 3.09. The van der Waals surface area contributed by atoms with Gasteiger partial charge in [0.15, 0.2) is 0 Å². The largest absolute Gasteiger partial charge is 0.465 e. The second-order valence-corrected chi connectivity index (χ2v) is 4.23. The number of hydrogen-bond donors (Lipinski definition) is 2. The number of nitrogens with one attached hydrogen (secondary N) is 1. The van der Waals surface area contributed by atoms with Crippen molar-refractivity contribution in [2.75, 3.05) is 18.2 Å². The first-order chi connectivity index (χ1) is 10.0. The number of anilines is 3. The van der Waals surface area contributed by atoms with Crippen molar-refractivity contribution in [2.24, 2.45) is 0 Å². The van der Waals surface area contributed by atoms with E-state index in [1.807, 2.05) is 0 Å². The van der Waals surface area contributed by atoms with Gasteiger partial charge in [-0.15, -0.1) is 0 Å². The first kappa shape index (κ1) is 14.3. The molecule has 2 aromatic rings. The lowest BCUT2D eigenvalue weighted by Gasteiger charge is -2.10. The van der Waals surface area contributed by atoms with Crippen LogP contribution in [0.4, 0.5) is 21.5 Å². The second kappa shape index (κ2) is 5.92. The van der Waals surface area contributed by atoms with E-state index in [4.69, 9.17) is 11.0 Å². The van der Waals surface area contributed by atoms with Gasteiger partial charge in [0.1, 0.15) is 11.9 Å². The maximum Gasteiger partial charge on any atom is 0.340 e. The lowest BCUT2D eigenvalue weighted by atomic mass is 10.1. The third-order valence-corrected chi connectivity index (χ3v) is 2.83. The molecule has 0 spiro atoms. The Kier molecular flexibility index (Phi) is 4.05. The summed E-state index contributed by atoms with van der Waals surface area (Å²) in [5.74, 6) is -1.14. The predicted molar refractivity (Wildman–Crippen MR) is 76.6 cm³/mol. The number of nitriles is 1. The van der Waals surface area contributed by atoms with Gasteiger partial charge in [-0.2, -0.15) is 5.26 Å². The Morgan fingerprint density at radius 3 is 2.62 bits per heavy atom. The molecular weight excluding hydrogens is 273 g/mol. The quantitative estimate of drug-likeness (QED) is 0.668. The summed E-state index contributed by atoms with van der Waals surface area (Å²) in [6.07, 6.45) is 0. The molecule has 3 N–H and O–H groups in total. The summed E-state index contributed by atoms with van der Waals surface area (Å²) in [5, 5.41) is 11.8. The number of hydrogen-bond acceptors (Lipinski definition) is 5. The van der Waals surface area contributed by atoms with Crippen molar-refractivity contribution in [1.82, 2.24) is 0 Å². The summed E-state index contributed by atoms with van der Waals surface area (Å²) in [6, 6.07) is 10.6. The number of ether oxygens (including phenoxy) is 1. The van der Waals surface area contributed by atoms with Crippen LogP contribution in [0.1, 0.15) is 15.9 Å². The van der Waals surface area contributed by atoms with Crippen molar-refractivity contribution in [2.45, 2.75) is 0 Å². The van der Waals surface area contributed by atoms with Crippen molar-refractivity contribution in [3.8, 4) is 6.07 Å². The van der Waals surface area contributed by atoms with E-state index in [1.165, 1.54) is 31.4 Å². The lowest BCUT2D eigenvalue weighted by molar-refractivity contribution is 0.0602. The second-order valence-electron chi connectivity index (χ2n) is 4.23. The number of carbonyl (C=O) groups excluding carboxylic acids is 1. The van der Waals surface area contributed by atoms with Crippen LogP contribution >= 0.6 is 0 Å². The van der Waals surface area contributed by atoms with Gasteiger partial charge in [0, 0.05) is 17.1 Å². The van der Waals surface area contributed by atoms with Crippen LogP contribution in [0.2, 0.25) is 0 Å². The molecule has 0 aliphatic carbocycles. The molecule has 0 atom stereocenters. The molecule has 5 nitrogen and oxygen atoms in total. The lowest BCUT2D eigenvalue weighted by Crippen LogP contribution is -2.06. The molecular formula is C15H12FN3O2. The summed E-state index contributed by atoms with van der Waals surface area (Å²) in [4.78, 5) is 11.6. The van der Waals surface area contributed by atoms with Crippen LogP contribution < -0.4 is 11.1 Å². The van der Waals surface area contributed by atoms with E-state index in [-0.39, 0.29) is 11.1 Å². The zero-order valence-electron chi connectivity index (χ0n) is 11.2. The van der Waals surface area contributed by atoms with Gasteiger partial charge in [-0.05, 0) is 36.4 Å². The van der Waals surface area contributed by atoms with Crippen molar-refractivity contribution >= 4 is 23.0 Å². The van der Waals surface area contributed by atoms with Gasteiger partial charge >= 0.3 is 5.97 Å². The van der Waals surface area contributed by atoms with Crippen LogP contribution in [0.5, 0.6) is 0 Å². The Morgan fingerprint density at radius 1 is 1.29 bits per heavy atom. The van der Waals surface area contributed by atoms with Gasteiger partial charge in [-0.25, -0.2) is 9.18 Å². The standard InChI is InChI=1S/C15H12FN3O2/c1-21-15(20)12-7-11(3-5-14(12)18)19-10-2-4-13(16)9(6-10)8-17/h2-7,19H,18H2,1H3. The van der Waals surface area contributed by atoms with E-state index in [1.54, 1.807) is 18.2 Å². The van der Waals surface area contributed by atoms with Crippen LogP contribution in [0.3, 0.4) is 0 Å². The Hall–Kier alpha value is -3.07. The van der Waals surface area contributed by atoms with Crippen LogP contribution in [-0.2, 0) is 4.74 Å². The fraction of sp³-hybridized carbons (Fsp3) is 0.0667. The average Bonchev–Trinajstić information content (AvgIpc) is 2.50. The molecule has 0 saturated carbocycles. The number of nitrogen functional groups attached to an aromatic ring is 1. The van der Waals surface area contributed by atoms with Gasteiger partial charge in [0.2, 0.25) is 0 Å². The predicted octanol–water partition coefficient (Wildman–Crippen LogP) is 2.81. The normalized spacial score (nSPS) is 9.76. The van der Waals surface area contributed by atoms with E-state index in [2.05, 4.69) is 10.1 Å². The number of carbonyl (C=O) groups is 1. The summed E-state index contributed by atoms with van der Waals surface area (Å²) < 4.78 is 17.9. The van der Waals surface area contributed by atoms with Crippen LogP contribution in [0.15, 0.2) is 36.4 Å². The number of nitrogens with zero attached hydrogens (tertiary/aromatic N) is 1. The number of methoxy groups -OCH3 is 1. The molecule has 2 aromatic carbocycles. The van der Waals surface area contributed by atoms with Gasteiger partial charge in [0.05, 0.1) is 18.2 Å². The van der Waals surface area contributed by atoms with E-state index in [0.717, 1.165) is 0 Å². The van der Waals surface area contributed by atoms with E-state index >= 15 is 0 Å². The Balaban J connectivity index is 2.32. The minimum Gasteiger partial charge on any atom is -0.465 e. The summed E-state index contributed by atoms with van der Waals surface area (Å²) in [5.41, 5.74) is 7.25. The molecule has 106 valence electrons. The topological polar surface area (TPSA) is 88.1 Å². The zero-order valence-corrected chi connectivity index (χ0v) is 11.2. The molecule has 0 amide bonds. The Morgan fingerprint density at radius 2 is 1.95 bits per heavy atom. The third-order valence-electron chi connectivity index (χ3n) is 2.83. The molecule has 0 heterocycles. The maximum atomic E-state index is 13.2. The molecule has 0 fully saturated rings. The highest BCUT2D eigenvalue weighted by atomic mass is 19.1. The van der Waals surface area contributed by atoms with Crippen molar-refractivity contribution in [3.05, 3.63) is 53.3 Å². The number of rotatable bonds is 3. The fourth-order valence-electron chi connectivity index (χ4n) is 1.78. The van der Waals surface area contributed by atoms with Crippen LogP contribution in [-0.4, -0.2) is 13.1 Å². The highest BCUT2D eigenvalue weighted by Crippen LogP contribution is 2.23. The number of esters is 1. The molecule has 0 unspecified atom stereocenters. The minimum absolute atomic E-state index is 0.0661. The average molecular weight is 285 g/mol. The Labute approximate surface area is 120 Å². The van der Waals surface area contributed by atoms with Crippen LogP contribution in [0, 0.1) is 17.1 Å². The van der Waals surface area contributed by atoms with E-state index in [9.17, 15) is 9.18 Å². The molecule has 2 rings (SSSR count). The summed E-state index contributed by atoms with van der Waals surface area (Å²) in [7, 11) is 1.26. The monoisotopic (exact) mass is 285 g/mol. The first-order valence-electron chi connectivity index (χ1n) is 5.99. The number of benzene rings is 2. The zero-order chi connectivity index (χ0) is 15.4. The molecule has 0 aromatic heterocycles. The smallest absolute Gasteiger partial charge is 0.340 e. The first-order valence-corrected chi connectivity index (χ1v) is 5.99.